The molecule has 10 rings (SSSR count). The van der Waals surface area contributed by atoms with E-state index in [-0.39, 0.29) is 5.41 Å². The molecule has 0 fully saturated rings. The number of hydrogen-bond donors (Lipinski definition) is 0. The summed E-state index contributed by atoms with van der Waals surface area (Å²) in [5, 5.41) is 3.90. The van der Waals surface area contributed by atoms with Crippen LogP contribution in [0.3, 0.4) is 0 Å². The Labute approximate surface area is 348 Å². The third-order valence-electron chi connectivity index (χ3n) is 12.3. The standard InChI is InChI=1S/C54H48N4Si/c1-54(2,41-30-31-47-46-24-12-13-27-48(46)58(51(47)35-41)52-36-43(32-33-55-52)59(3,4)5)40-22-16-23-42(34-40)56-37-57(50-29-15-14-28-49(50)56)53-44(38-18-8-6-9-19-38)25-17-26-45(53)39-20-10-7-11-21-39/h6-36H,37H2,1-5H3. The van der Waals surface area contributed by atoms with E-state index in [4.69, 9.17) is 4.98 Å². The number of rotatable bonds is 8. The number of pyridine rings is 1. The topological polar surface area (TPSA) is 24.3 Å². The third-order valence-corrected chi connectivity index (χ3v) is 14.4. The van der Waals surface area contributed by atoms with Gasteiger partial charge in [-0.3, -0.25) is 4.57 Å². The van der Waals surface area contributed by atoms with Gasteiger partial charge in [-0.25, -0.2) is 4.98 Å². The van der Waals surface area contributed by atoms with Crippen LogP contribution in [0.1, 0.15) is 25.0 Å². The first kappa shape index (κ1) is 36.6. The minimum atomic E-state index is -1.56. The van der Waals surface area contributed by atoms with Gasteiger partial charge < -0.3 is 9.80 Å². The molecule has 0 saturated heterocycles. The molecule has 59 heavy (non-hydrogen) atoms. The largest absolute Gasteiger partial charge is 0.321 e. The lowest BCUT2D eigenvalue weighted by Crippen LogP contribution is -2.37. The molecule has 0 bridgehead atoms. The van der Waals surface area contributed by atoms with Gasteiger partial charge >= 0.3 is 0 Å². The molecule has 1 aliphatic rings. The van der Waals surface area contributed by atoms with Crippen molar-refractivity contribution in [2.75, 3.05) is 16.5 Å². The van der Waals surface area contributed by atoms with Crippen molar-refractivity contribution in [3.63, 3.8) is 0 Å². The molecular formula is C54H48N4Si. The fourth-order valence-electron chi connectivity index (χ4n) is 9.00. The van der Waals surface area contributed by atoms with Crippen molar-refractivity contribution >= 4 is 57.8 Å². The van der Waals surface area contributed by atoms with Crippen molar-refractivity contribution in [1.29, 1.82) is 0 Å². The Balaban J connectivity index is 1.07. The van der Waals surface area contributed by atoms with Gasteiger partial charge in [-0.1, -0.05) is 172 Å². The number of para-hydroxylation sites is 4. The van der Waals surface area contributed by atoms with Crippen LogP contribution >= 0.6 is 0 Å². The summed E-state index contributed by atoms with van der Waals surface area (Å²) >= 11 is 0. The average Bonchev–Trinajstić information content (AvgIpc) is 3.82. The monoisotopic (exact) mass is 780 g/mol. The van der Waals surface area contributed by atoms with Gasteiger partial charge in [0.25, 0.3) is 0 Å². The molecule has 0 atom stereocenters. The Morgan fingerprint density at radius 1 is 0.508 bits per heavy atom. The average molecular weight is 781 g/mol. The predicted octanol–water partition coefficient (Wildman–Crippen LogP) is 13.6. The van der Waals surface area contributed by atoms with Gasteiger partial charge in [-0.15, -0.1) is 0 Å². The zero-order chi connectivity index (χ0) is 40.3. The van der Waals surface area contributed by atoms with E-state index in [0.29, 0.717) is 6.67 Å². The highest BCUT2D eigenvalue weighted by Crippen LogP contribution is 2.50. The predicted molar refractivity (Wildman–Crippen MR) is 253 cm³/mol. The Hall–Kier alpha value is -6.69. The summed E-state index contributed by atoms with van der Waals surface area (Å²) in [7, 11) is -1.56. The number of benzene rings is 7. The van der Waals surface area contributed by atoms with Crippen molar-refractivity contribution in [2.45, 2.75) is 38.9 Å². The van der Waals surface area contributed by atoms with Gasteiger partial charge in [0, 0.05) is 39.2 Å². The summed E-state index contributed by atoms with van der Waals surface area (Å²) in [6.07, 6.45) is 1.99. The molecule has 0 spiro atoms. The molecule has 0 aliphatic carbocycles. The summed E-state index contributed by atoms with van der Waals surface area (Å²) < 4.78 is 2.37. The van der Waals surface area contributed by atoms with E-state index in [1.807, 2.05) is 6.20 Å². The molecule has 0 N–H and O–H groups in total. The second-order valence-corrected chi connectivity index (χ2v) is 22.4. The summed E-state index contributed by atoms with van der Waals surface area (Å²) in [6, 6.07) is 66.7. The summed E-state index contributed by atoms with van der Waals surface area (Å²) in [5.74, 6) is 0.981. The molecule has 3 heterocycles. The van der Waals surface area contributed by atoms with Crippen molar-refractivity contribution in [2.24, 2.45) is 0 Å². The molecule has 9 aromatic rings. The van der Waals surface area contributed by atoms with Crippen molar-refractivity contribution in [3.8, 4) is 28.1 Å². The first-order chi connectivity index (χ1) is 28.7. The van der Waals surface area contributed by atoms with Crippen LogP contribution in [0.2, 0.25) is 19.6 Å². The van der Waals surface area contributed by atoms with E-state index in [1.165, 1.54) is 83.1 Å². The van der Waals surface area contributed by atoms with Crippen LogP contribution < -0.4 is 15.0 Å². The van der Waals surface area contributed by atoms with Gasteiger partial charge in [-0.05, 0) is 70.8 Å². The molecule has 2 aromatic heterocycles. The second-order valence-electron chi connectivity index (χ2n) is 17.3. The van der Waals surface area contributed by atoms with Crippen LogP contribution in [0.15, 0.2) is 188 Å². The quantitative estimate of drug-likeness (QED) is 0.144. The summed E-state index contributed by atoms with van der Waals surface area (Å²) in [5.41, 5.74) is 14.2. The number of anilines is 4. The van der Waals surface area contributed by atoms with Gasteiger partial charge in [0.05, 0.1) is 36.2 Å². The highest BCUT2D eigenvalue weighted by molar-refractivity contribution is 6.88. The van der Waals surface area contributed by atoms with E-state index in [0.717, 1.165) is 5.82 Å². The Kier molecular flexibility index (Phi) is 8.88. The maximum atomic E-state index is 4.97. The molecular weight excluding hydrogens is 733 g/mol. The van der Waals surface area contributed by atoms with Gasteiger partial charge in [-0.2, -0.15) is 0 Å². The molecule has 0 radical (unpaired) electrons. The third kappa shape index (κ3) is 6.34. The van der Waals surface area contributed by atoms with E-state index < -0.39 is 8.07 Å². The van der Waals surface area contributed by atoms with E-state index in [1.54, 1.807) is 0 Å². The normalized spacial score (nSPS) is 13.0. The van der Waals surface area contributed by atoms with Crippen LogP contribution in [0.5, 0.6) is 0 Å². The maximum absolute atomic E-state index is 4.97. The van der Waals surface area contributed by atoms with Crippen LogP contribution in [-0.4, -0.2) is 24.3 Å². The summed E-state index contributed by atoms with van der Waals surface area (Å²) in [4.78, 5) is 9.95. The minimum absolute atomic E-state index is 0.293. The van der Waals surface area contributed by atoms with Crippen molar-refractivity contribution in [1.82, 2.24) is 9.55 Å². The van der Waals surface area contributed by atoms with Crippen molar-refractivity contribution < 1.29 is 0 Å². The number of fused-ring (bicyclic) bond motifs is 4. The van der Waals surface area contributed by atoms with E-state index in [2.05, 4.69) is 230 Å². The van der Waals surface area contributed by atoms with Crippen LogP contribution in [0.25, 0.3) is 49.9 Å². The fraction of sp³-hybridized carbons (Fsp3) is 0.130. The van der Waals surface area contributed by atoms with Crippen molar-refractivity contribution in [3.05, 3.63) is 199 Å². The SMILES string of the molecule is CC(C)(c1cccc(N2CN(c3c(-c4ccccc4)cccc3-c3ccccc3)c3ccccc32)c1)c1ccc2c3ccccc3n(-c3cc([Si](C)(C)C)ccn3)c2c1. The molecule has 1 aliphatic heterocycles. The molecule has 0 unspecified atom stereocenters. The molecule has 0 amide bonds. The Bertz CT molecular complexity index is 2940. The molecule has 5 heteroatoms. The smallest absolute Gasteiger partial charge is 0.137 e. The lowest BCUT2D eigenvalue weighted by atomic mass is 9.77. The highest BCUT2D eigenvalue weighted by atomic mass is 28.3. The molecule has 4 nitrogen and oxygen atoms in total. The van der Waals surface area contributed by atoms with Gasteiger partial charge in [0.15, 0.2) is 0 Å². The Morgan fingerprint density at radius 3 is 1.80 bits per heavy atom. The van der Waals surface area contributed by atoms with Crippen LogP contribution in [0.4, 0.5) is 22.7 Å². The van der Waals surface area contributed by atoms with E-state index in [9.17, 15) is 0 Å². The second kappa shape index (κ2) is 14.3. The van der Waals surface area contributed by atoms with Gasteiger partial charge in [0.1, 0.15) is 12.5 Å². The number of hydrogen-bond acceptors (Lipinski definition) is 3. The lowest BCUT2D eigenvalue weighted by molar-refractivity contribution is 0.641. The highest BCUT2D eigenvalue weighted by Gasteiger charge is 2.33. The zero-order valence-corrected chi connectivity index (χ0v) is 35.4. The summed E-state index contributed by atoms with van der Waals surface area (Å²) in [6.45, 7) is 12.6. The fourth-order valence-corrected chi connectivity index (χ4v) is 10.1. The van der Waals surface area contributed by atoms with Gasteiger partial charge in [0.2, 0.25) is 0 Å². The minimum Gasteiger partial charge on any atom is -0.321 e. The maximum Gasteiger partial charge on any atom is 0.137 e. The molecule has 0 saturated carbocycles. The van der Waals surface area contributed by atoms with E-state index >= 15 is 0 Å². The molecule has 7 aromatic carbocycles. The van der Waals surface area contributed by atoms with Crippen LogP contribution in [0, 0.1) is 0 Å². The first-order valence-corrected chi connectivity index (χ1v) is 24.2. The van der Waals surface area contributed by atoms with Crippen LogP contribution in [-0.2, 0) is 5.41 Å². The number of nitrogens with zero attached hydrogens (tertiary/aromatic N) is 4. The Morgan fingerprint density at radius 2 is 1.10 bits per heavy atom. The first-order valence-electron chi connectivity index (χ1n) is 20.7. The molecule has 288 valence electrons. The zero-order valence-electron chi connectivity index (χ0n) is 34.4. The lowest BCUT2D eigenvalue weighted by Gasteiger charge is -2.29. The number of aromatic nitrogens is 2.